The van der Waals surface area contributed by atoms with E-state index in [1.54, 1.807) is 0 Å². The van der Waals surface area contributed by atoms with E-state index in [4.69, 9.17) is 0 Å². The van der Waals surface area contributed by atoms with Crippen molar-refractivity contribution in [2.45, 2.75) is 13.8 Å². The second-order valence-electron chi connectivity index (χ2n) is 4.29. The molecule has 0 atom stereocenters. The van der Waals surface area contributed by atoms with E-state index >= 15 is 0 Å². The Kier molecular flexibility index (Phi) is 2.76. The molecule has 1 N–H and O–H groups in total. The van der Waals surface area contributed by atoms with E-state index in [0.29, 0.717) is 5.56 Å². The molecule has 0 amide bonds. The number of aromatic nitrogens is 1. The van der Waals surface area contributed by atoms with Gasteiger partial charge in [0, 0.05) is 24.5 Å². The van der Waals surface area contributed by atoms with E-state index in [9.17, 15) is 9.90 Å². The highest BCUT2D eigenvalue weighted by molar-refractivity contribution is 5.97. The first kappa shape index (κ1) is 11.5. The van der Waals surface area contributed by atoms with Gasteiger partial charge in [0.2, 0.25) is 0 Å². The van der Waals surface area contributed by atoms with E-state index in [1.807, 2.05) is 55.9 Å². The molecule has 0 aliphatic rings. The lowest BCUT2D eigenvalue weighted by Crippen LogP contribution is -2.00. The molecule has 0 radical (unpaired) electrons. The van der Waals surface area contributed by atoms with E-state index in [0.717, 1.165) is 16.8 Å². The molecule has 3 heteroatoms. The van der Waals surface area contributed by atoms with Crippen LogP contribution in [-0.4, -0.2) is 15.6 Å². The van der Waals surface area contributed by atoms with Crippen LogP contribution in [0.25, 0.3) is 11.1 Å². The van der Waals surface area contributed by atoms with Crippen LogP contribution in [0.5, 0.6) is 0 Å². The van der Waals surface area contributed by atoms with Crippen molar-refractivity contribution in [2.75, 3.05) is 0 Å². The first-order chi connectivity index (χ1) is 8.00. The molecule has 3 nitrogen and oxygen atoms in total. The van der Waals surface area contributed by atoms with Gasteiger partial charge in [-0.2, -0.15) is 0 Å². The molecule has 0 saturated heterocycles. The minimum Gasteiger partial charge on any atom is -0.478 e. The van der Waals surface area contributed by atoms with Crippen molar-refractivity contribution in [3.05, 3.63) is 47.3 Å². The zero-order valence-corrected chi connectivity index (χ0v) is 10.2. The summed E-state index contributed by atoms with van der Waals surface area (Å²) in [5.74, 6) is -0.876. The largest absolute Gasteiger partial charge is 0.478 e. The van der Waals surface area contributed by atoms with Crippen molar-refractivity contribution in [1.29, 1.82) is 0 Å². The predicted molar refractivity (Wildman–Crippen MR) is 67.3 cm³/mol. The lowest BCUT2D eigenvalue weighted by Gasteiger charge is -2.01. The van der Waals surface area contributed by atoms with Crippen LogP contribution in [-0.2, 0) is 7.05 Å². The van der Waals surface area contributed by atoms with Crippen molar-refractivity contribution >= 4 is 5.97 Å². The summed E-state index contributed by atoms with van der Waals surface area (Å²) in [4.78, 5) is 11.3. The molecule has 1 aromatic carbocycles. The number of rotatable bonds is 2. The maximum absolute atomic E-state index is 11.3. The molecule has 0 aliphatic heterocycles. The molecule has 2 rings (SSSR count). The van der Waals surface area contributed by atoms with Crippen LogP contribution in [0.3, 0.4) is 0 Å². The molecule has 1 aromatic heterocycles. The van der Waals surface area contributed by atoms with Crippen molar-refractivity contribution in [2.24, 2.45) is 7.05 Å². The minimum atomic E-state index is -0.876. The first-order valence-corrected chi connectivity index (χ1v) is 5.47. The van der Waals surface area contributed by atoms with Crippen LogP contribution < -0.4 is 0 Å². The number of hydrogen-bond acceptors (Lipinski definition) is 1. The third-order valence-electron chi connectivity index (χ3n) is 3.06. The van der Waals surface area contributed by atoms with Gasteiger partial charge in [0.25, 0.3) is 0 Å². The fourth-order valence-electron chi connectivity index (χ4n) is 1.95. The molecule has 0 spiro atoms. The van der Waals surface area contributed by atoms with Crippen molar-refractivity contribution in [1.82, 2.24) is 4.57 Å². The summed E-state index contributed by atoms with van der Waals surface area (Å²) in [5, 5.41) is 9.26. The van der Waals surface area contributed by atoms with Crippen LogP contribution in [0, 0.1) is 13.8 Å². The summed E-state index contributed by atoms with van der Waals surface area (Å²) >= 11 is 0. The first-order valence-electron chi connectivity index (χ1n) is 5.47. The van der Waals surface area contributed by atoms with Gasteiger partial charge in [0.1, 0.15) is 0 Å². The maximum Gasteiger partial charge on any atom is 0.338 e. The number of benzene rings is 1. The molecule has 0 unspecified atom stereocenters. The van der Waals surface area contributed by atoms with Gasteiger partial charge in [0.05, 0.1) is 5.56 Å². The van der Waals surface area contributed by atoms with Gasteiger partial charge in [0.15, 0.2) is 0 Å². The van der Waals surface area contributed by atoms with Crippen LogP contribution >= 0.6 is 0 Å². The number of carboxylic acids is 1. The molecule has 0 fully saturated rings. The Balaban J connectivity index is 2.63. The second kappa shape index (κ2) is 4.09. The monoisotopic (exact) mass is 229 g/mol. The standard InChI is InChI=1S/C14H15NO2/c1-9-4-6-11(7-5-9)12-8-15(3)10(2)13(12)14(16)17/h4-8H,1-3H3,(H,16,17). The van der Waals surface area contributed by atoms with Gasteiger partial charge in [-0.3, -0.25) is 0 Å². The van der Waals surface area contributed by atoms with E-state index in [-0.39, 0.29) is 0 Å². The van der Waals surface area contributed by atoms with Crippen molar-refractivity contribution in [3.8, 4) is 11.1 Å². The Labute approximate surface area is 100 Å². The molecule has 88 valence electrons. The summed E-state index contributed by atoms with van der Waals surface area (Å²) in [6.07, 6.45) is 1.86. The zero-order chi connectivity index (χ0) is 12.6. The highest BCUT2D eigenvalue weighted by Gasteiger charge is 2.18. The third-order valence-corrected chi connectivity index (χ3v) is 3.06. The molecule has 2 aromatic rings. The number of aryl methyl sites for hydroxylation is 2. The Bertz CT molecular complexity index is 565. The topological polar surface area (TPSA) is 42.2 Å². The Morgan fingerprint density at radius 3 is 2.29 bits per heavy atom. The third kappa shape index (κ3) is 1.96. The number of carbonyl (C=O) groups is 1. The second-order valence-corrected chi connectivity index (χ2v) is 4.29. The van der Waals surface area contributed by atoms with Gasteiger partial charge < -0.3 is 9.67 Å². The lowest BCUT2D eigenvalue weighted by atomic mass is 10.0. The molecular formula is C14H15NO2. The fourth-order valence-corrected chi connectivity index (χ4v) is 1.95. The van der Waals surface area contributed by atoms with Crippen LogP contribution in [0.2, 0.25) is 0 Å². The highest BCUT2D eigenvalue weighted by atomic mass is 16.4. The predicted octanol–water partition coefficient (Wildman–Crippen LogP) is 3.01. The van der Waals surface area contributed by atoms with Gasteiger partial charge in [-0.15, -0.1) is 0 Å². The van der Waals surface area contributed by atoms with Crippen LogP contribution in [0.4, 0.5) is 0 Å². The maximum atomic E-state index is 11.3. The lowest BCUT2D eigenvalue weighted by molar-refractivity contribution is 0.0697. The fraction of sp³-hybridized carbons (Fsp3) is 0.214. The smallest absolute Gasteiger partial charge is 0.338 e. The summed E-state index contributed by atoms with van der Waals surface area (Å²) in [7, 11) is 1.86. The SMILES string of the molecule is Cc1ccc(-c2cn(C)c(C)c2C(=O)O)cc1. The van der Waals surface area contributed by atoms with E-state index < -0.39 is 5.97 Å². The molecular weight excluding hydrogens is 214 g/mol. The van der Waals surface area contributed by atoms with Crippen LogP contribution in [0.15, 0.2) is 30.5 Å². The Hall–Kier alpha value is -2.03. The van der Waals surface area contributed by atoms with Gasteiger partial charge >= 0.3 is 5.97 Å². The number of nitrogens with zero attached hydrogens (tertiary/aromatic N) is 1. The molecule has 0 aliphatic carbocycles. The summed E-state index contributed by atoms with van der Waals surface area (Å²) < 4.78 is 1.85. The molecule has 1 heterocycles. The van der Waals surface area contributed by atoms with Crippen molar-refractivity contribution < 1.29 is 9.90 Å². The number of hydrogen-bond donors (Lipinski definition) is 1. The average Bonchev–Trinajstić information content (AvgIpc) is 2.56. The highest BCUT2D eigenvalue weighted by Crippen LogP contribution is 2.27. The average molecular weight is 229 g/mol. The Morgan fingerprint density at radius 1 is 1.18 bits per heavy atom. The molecule has 0 saturated carbocycles. The number of aromatic carboxylic acids is 1. The molecule has 17 heavy (non-hydrogen) atoms. The van der Waals surface area contributed by atoms with Crippen molar-refractivity contribution in [3.63, 3.8) is 0 Å². The normalized spacial score (nSPS) is 10.5. The van der Waals surface area contributed by atoms with E-state index in [2.05, 4.69) is 0 Å². The summed E-state index contributed by atoms with van der Waals surface area (Å²) in [6.45, 7) is 3.83. The molecule has 0 bridgehead atoms. The minimum absolute atomic E-state index is 0.386. The summed E-state index contributed by atoms with van der Waals surface area (Å²) in [6, 6.07) is 7.89. The number of carboxylic acid groups (broad SMARTS) is 1. The van der Waals surface area contributed by atoms with Crippen LogP contribution in [0.1, 0.15) is 21.6 Å². The van der Waals surface area contributed by atoms with E-state index in [1.165, 1.54) is 5.56 Å². The van der Waals surface area contributed by atoms with Gasteiger partial charge in [-0.05, 0) is 19.4 Å². The van der Waals surface area contributed by atoms with Gasteiger partial charge in [-0.25, -0.2) is 4.79 Å². The van der Waals surface area contributed by atoms with Gasteiger partial charge in [-0.1, -0.05) is 29.8 Å². The quantitative estimate of drug-likeness (QED) is 0.860. The summed E-state index contributed by atoms with van der Waals surface area (Å²) in [5.41, 5.74) is 4.04. The zero-order valence-electron chi connectivity index (χ0n) is 10.2. The Morgan fingerprint density at radius 2 is 1.76 bits per heavy atom.